The zero-order valence-corrected chi connectivity index (χ0v) is 18.4. The van der Waals surface area contributed by atoms with Gasteiger partial charge in [-0.05, 0) is 75.8 Å². The van der Waals surface area contributed by atoms with Crippen molar-refractivity contribution in [2.75, 3.05) is 32.8 Å². The molecule has 2 fully saturated rings. The molecular weight excluding hydrogens is 362 g/mol. The largest absolute Gasteiger partial charge is 0.394 e. The summed E-state index contributed by atoms with van der Waals surface area (Å²) >= 11 is 0. The second kappa shape index (κ2) is 10.6. The number of aliphatic hydroxyl groups is 1. The normalized spacial score (nSPS) is 21.4. The quantitative estimate of drug-likeness (QED) is 0.738. The maximum Gasteiger partial charge on any atom is 0.223 e. The number of carbonyl (C=O) groups is 1. The second-order valence-electron chi connectivity index (χ2n) is 9.29. The molecule has 162 valence electrons. The van der Waals surface area contributed by atoms with Crippen LogP contribution in [0.4, 0.5) is 0 Å². The van der Waals surface area contributed by atoms with E-state index in [1.54, 1.807) is 0 Å². The van der Waals surface area contributed by atoms with Crippen molar-refractivity contribution in [3.63, 3.8) is 0 Å². The minimum Gasteiger partial charge on any atom is -0.394 e. The van der Waals surface area contributed by atoms with Crippen LogP contribution in [0.25, 0.3) is 0 Å². The van der Waals surface area contributed by atoms with Crippen molar-refractivity contribution in [1.29, 1.82) is 0 Å². The van der Waals surface area contributed by atoms with Crippen LogP contribution in [0.15, 0.2) is 24.3 Å². The molecule has 0 radical (unpaired) electrons. The van der Waals surface area contributed by atoms with E-state index in [9.17, 15) is 9.90 Å². The van der Waals surface area contributed by atoms with Crippen LogP contribution in [0.5, 0.6) is 0 Å². The second-order valence-corrected chi connectivity index (χ2v) is 9.29. The Hall–Kier alpha value is -1.43. The Morgan fingerprint density at radius 1 is 1.10 bits per heavy atom. The lowest BCUT2D eigenvalue weighted by atomic mass is 9.92. The first kappa shape index (κ1) is 22.3. The minimum absolute atomic E-state index is 0.0172. The summed E-state index contributed by atoms with van der Waals surface area (Å²) in [6.45, 7) is 11.7. The Balaban J connectivity index is 1.41. The van der Waals surface area contributed by atoms with Crippen LogP contribution in [0.1, 0.15) is 50.7 Å². The number of piperidine rings is 2. The topological polar surface area (TPSA) is 55.8 Å². The summed E-state index contributed by atoms with van der Waals surface area (Å²) in [5, 5.41) is 12.5. The average molecular weight is 402 g/mol. The number of amides is 1. The van der Waals surface area contributed by atoms with Crippen LogP contribution in [-0.2, 0) is 11.3 Å². The van der Waals surface area contributed by atoms with Crippen molar-refractivity contribution >= 4 is 5.91 Å². The van der Waals surface area contributed by atoms with Gasteiger partial charge in [0.25, 0.3) is 0 Å². The summed E-state index contributed by atoms with van der Waals surface area (Å²) < 4.78 is 0. The van der Waals surface area contributed by atoms with Crippen molar-refractivity contribution in [2.45, 2.75) is 65.1 Å². The number of benzene rings is 1. The third kappa shape index (κ3) is 6.03. The molecular formula is C24H39N3O2. The molecule has 29 heavy (non-hydrogen) atoms. The first-order valence-electron chi connectivity index (χ1n) is 11.4. The maximum atomic E-state index is 12.6. The highest BCUT2D eigenvalue weighted by Gasteiger charge is 2.31. The van der Waals surface area contributed by atoms with Gasteiger partial charge in [-0.15, -0.1) is 0 Å². The summed E-state index contributed by atoms with van der Waals surface area (Å²) in [4.78, 5) is 17.7. The number of hydrogen-bond donors (Lipinski definition) is 2. The summed E-state index contributed by atoms with van der Waals surface area (Å²) in [5.74, 6) is 0.486. The molecule has 0 aliphatic carbocycles. The van der Waals surface area contributed by atoms with Gasteiger partial charge in [0, 0.05) is 18.5 Å². The van der Waals surface area contributed by atoms with Crippen molar-refractivity contribution in [2.24, 2.45) is 11.8 Å². The molecule has 2 saturated heterocycles. The summed E-state index contributed by atoms with van der Waals surface area (Å²) in [6.07, 6.45) is 4.32. The van der Waals surface area contributed by atoms with Crippen LogP contribution in [0, 0.1) is 18.8 Å². The first-order valence-corrected chi connectivity index (χ1v) is 11.4. The number of nitrogens with zero attached hydrogens (tertiary/aromatic N) is 2. The molecule has 0 saturated carbocycles. The van der Waals surface area contributed by atoms with Gasteiger partial charge in [-0.25, -0.2) is 0 Å². The van der Waals surface area contributed by atoms with Crippen molar-refractivity contribution in [3.8, 4) is 0 Å². The molecule has 2 aliphatic heterocycles. The molecule has 1 aromatic carbocycles. The number of likely N-dealkylation sites (tertiary alicyclic amines) is 2. The maximum absolute atomic E-state index is 12.6. The summed E-state index contributed by atoms with van der Waals surface area (Å²) in [5.41, 5.74) is 2.83. The predicted octanol–water partition coefficient (Wildman–Crippen LogP) is 2.80. The third-order valence-corrected chi connectivity index (χ3v) is 6.96. The van der Waals surface area contributed by atoms with Gasteiger partial charge in [0.2, 0.25) is 5.91 Å². The Morgan fingerprint density at radius 3 is 2.34 bits per heavy atom. The summed E-state index contributed by atoms with van der Waals surface area (Å²) in [6, 6.07) is 9.23. The monoisotopic (exact) mass is 401 g/mol. The number of hydrogen-bond acceptors (Lipinski definition) is 4. The van der Waals surface area contributed by atoms with Gasteiger partial charge >= 0.3 is 0 Å². The van der Waals surface area contributed by atoms with E-state index in [1.807, 2.05) is 13.8 Å². The van der Waals surface area contributed by atoms with Crippen LogP contribution in [0.3, 0.4) is 0 Å². The molecule has 0 aromatic heterocycles. The van der Waals surface area contributed by atoms with Crippen molar-refractivity contribution < 1.29 is 9.90 Å². The molecule has 5 nitrogen and oxygen atoms in total. The zero-order chi connectivity index (χ0) is 20.8. The summed E-state index contributed by atoms with van der Waals surface area (Å²) in [7, 11) is 0. The van der Waals surface area contributed by atoms with Gasteiger partial charge in [-0.1, -0.05) is 38.1 Å². The Kier molecular flexibility index (Phi) is 8.10. The molecule has 2 aliphatic rings. The van der Waals surface area contributed by atoms with Crippen molar-refractivity contribution in [3.05, 3.63) is 35.4 Å². The van der Waals surface area contributed by atoms with Gasteiger partial charge in [0.1, 0.15) is 0 Å². The number of nitrogens with one attached hydrogen (secondary N) is 1. The molecule has 2 N–H and O–H groups in total. The van der Waals surface area contributed by atoms with Crippen LogP contribution >= 0.6 is 0 Å². The smallest absolute Gasteiger partial charge is 0.223 e. The lowest BCUT2D eigenvalue weighted by Crippen LogP contribution is -2.50. The van der Waals surface area contributed by atoms with E-state index >= 15 is 0 Å². The van der Waals surface area contributed by atoms with Gasteiger partial charge in [-0.3, -0.25) is 9.69 Å². The van der Waals surface area contributed by atoms with E-state index in [-0.39, 0.29) is 30.4 Å². The SMILES string of the molecule is Cc1ccccc1CN1CCC(N2CCC(C(=O)NC(CO)C(C)C)CC2)CC1. The van der Waals surface area contributed by atoms with E-state index in [0.29, 0.717) is 6.04 Å². The molecule has 0 spiro atoms. The van der Waals surface area contributed by atoms with Crippen LogP contribution < -0.4 is 5.32 Å². The van der Waals surface area contributed by atoms with E-state index in [2.05, 4.69) is 46.3 Å². The van der Waals surface area contributed by atoms with E-state index < -0.39 is 0 Å². The Bertz CT molecular complexity index is 647. The number of aliphatic hydroxyl groups excluding tert-OH is 1. The lowest BCUT2D eigenvalue weighted by Gasteiger charge is -2.41. The molecule has 1 aromatic rings. The highest BCUT2D eigenvalue weighted by atomic mass is 16.3. The van der Waals surface area contributed by atoms with Gasteiger partial charge < -0.3 is 15.3 Å². The van der Waals surface area contributed by atoms with Gasteiger partial charge in [0.15, 0.2) is 0 Å². The zero-order valence-electron chi connectivity index (χ0n) is 18.4. The van der Waals surface area contributed by atoms with Gasteiger partial charge in [0.05, 0.1) is 12.6 Å². The third-order valence-electron chi connectivity index (χ3n) is 6.96. The number of rotatable bonds is 7. The number of carbonyl (C=O) groups excluding carboxylic acids is 1. The first-order chi connectivity index (χ1) is 14.0. The fourth-order valence-corrected chi connectivity index (χ4v) is 4.72. The lowest BCUT2D eigenvalue weighted by molar-refractivity contribution is -0.128. The highest BCUT2D eigenvalue weighted by molar-refractivity contribution is 5.79. The van der Waals surface area contributed by atoms with Crippen molar-refractivity contribution in [1.82, 2.24) is 15.1 Å². The molecule has 5 heteroatoms. The Labute approximate surface area is 176 Å². The van der Waals surface area contributed by atoms with E-state index in [1.165, 1.54) is 24.0 Å². The predicted molar refractivity (Wildman–Crippen MR) is 118 cm³/mol. The van der Waals surface area contributed by atoms with E-state index in [4.69, 9.17) is 0 Å². The molecule has 1 amide bonds. The van der Waals surface area contributed by atoms with E-state index in [0.717, 1.165) is 45.6 Å². The van der Waals surface area contributed by atoms with Gasteiger partial charge in [-0.2, -0.15) is 0 Å². The molecule has 2 heterocycles. The van der Waals surface area contributed by atoms with Crippen LogP contribution in [0.2, 0.25) is 0 Å². The Morgan fingerprint density at radius 2 is 1.76 bits per heavy atom. The molecule has 1 atom stereocenters. The fraction of sp³-hybridized carbons (Fsp3) is 0.708. The molecule has 0 bridgehead atoms. The fourth-order valence-electron chi connectivity index (χ4n) is 4.72. The molecule has 3 rings (SSSR count). The standard InChI is InChI=1S/C24H39N3O2/c1-18(2)23(17-28)25-24(29)20-8-14-27(15-9-20)22-10-12-26(13-11-22)16-21-7-5-4-6-19(21)3/h4-7,18,20,22-23,28H,8-17H2,1-3H3,(H,25,29). The highest BCUT2D eigenvalue weighted by Crippen LogP contribution is 2.25. The number of aryl methyl sites for hydroxylation is 1. The molecule has 1 unspecified atom stereocenters. The minimum atomic E-state index is -0.127. The average Bonchev–Trinajstić information content (AvgIpc) is 2.74. The van der Waals surface area contributed by atoms with Crippen LogP contribution in [-0.4, -0.2) is 65.7 Å².